The molecule has 74 valence electrons. The van der Waals surface area contributed by atoms with E-state index in [2.05, 4.69) is 5.32 Å². The summed E-state index contributed by atoms with van der Waals surface area (Å²) in [5.74, 6) is -0.423. The van der Waals surface area contributed by atoms with Gasteiger partial charge in [0.15, 0.2) is 0 Å². The first-order chi connectivity index (χ1) is 6.16. The van der Waals surface area contributed by atoms with E-state index in [1.165, 1.54) is 7.05 Å². The van der Waals surface area contributed by atoms with Crippen LogP contribution in [0.4, 0.5) is 4.39 Å². The molecule has 1 aliphatic heterocycles. The zero-order valence-corrected chi connectivity index (χ0v) is 7.55. The van der Waals surface area contributed by atoms with Crippen LogP contribution in [0.5, 0.6) is 0 Å². The minimum absolute atomic E-state index is 0.164. The first-order valence-corrected chi connectivity index (χ1v) is 4.26. The Balaban J connectivity index is 2.49. The number of piperidine rings is 1. The molecule has 1 atom stereocenters. The average Bonchev–Trinajstić information content (AvgIpc) is 2.13. The number of hydrogen-bond acceptors (Lipinski definition) is 3. The highest BCUT2D eigenvalue weighted by Gasteiger charge is 2.30. The standard InChI is InChI=1S/C8H13FN2O2/c1-11-7(12)3-2-6(8(11)13)10-5-4-9/h6,10H,2-5H2,1H3. The van der Waals surface area contributed by atoms with Gasteiger partial charge < -0.3 is 5.32 Å². The highest BCUT2D eigenvalue weighted by atomic mass is 19.1. The van der Waals surface area contributed by atoms with Crippen molar-refractivity contribution < 1.29 is 14.0 Å². The van der Waals surface area contributed by atoms with Crippen LogP contribution in [0, 0.1) is 0 Å². The Bertz CT molecular complexity index is 220. The quantitative estimate of drug-likeness (QED) is 0.618. The molecule has 0 radical (unpaired) electrons. The van der Waals surface area contributed by atoms with E-state index < -0.39 is 12.7 Å². The van der Waals surface area contributed by atoms with Crippen LogP contribution in [0.1, 0.15) is 12.8 Å². The maximum Gasteiger partial charge on any atom is 0.246 e. The van der Waals surface area contributed by atoms with Crippen molar-refractivity contribution in [1.29, 1.82) is 0 Å². The van der Waals surface area contributed by atoms with Gasteiger partial charge in [0, 0.05) is 20.0 Å². The van der Waals surface area contributed by atoms with E-state index >= 15 is 0 Å². The van der Waals surface area contributed by atoms with E-state index in [4.69, 9.17) is 0 Å². The third kappa shape index (κ3) is 2.24. The molecular formula is C8H13FN2O2. The van der Waals surface area contributed by atoms with Crippen molar-refractivity contribution in [2.24, 2.45) is 0 Å². The molecule has 1 heterocycles. The van der Waals surface area contributed by atoms with Gasteiger partial charge in [0.2, 0.25) is 11.8 Å². The molecule has 0 aromatic heterocycles. The molecule has 0 aliphatic carbocycles. The number of likely N-dealkylation sites (tertiary alicyclic amines) is 1. The van der Waals surface area contributed by atoms with Gasteiger partial charge in [-0.3, -0.25) is 14.5 Å². The number of hydrogen-bond donors (Lipinski definition) is 1. The number of amides is 2. The van der Waals surface area contributed by atoms with Gasteiger partial charge in [-0.2, -0.15) is 0 Å². The summed E-state index contributed by atoms with van der Waals surface area (Å²) in [5.41, 5.74) is 0. The van der Waals surface area contributed by atoms with Crippen LogP contribution in [0.25, 0.3) is 0 Å². The molecule has 1 unspecified atom stereocenters. The highest BCUT2D eigenvalue weighted by Crippen LogP contribution is 2.10. The number of likely N-dealkylation sites (N-methyl/N-ethyl adjacent to an activating group) is 1. The Morgan fingerprint density at radius 2 is 2.31 bits per heavy atom. The van der Waals surface area contributed by atoms with Crippen LogP contribution in [0.15, 0.2) is 0 Å². The monoisotopic (exact) mass is 188 g/mol. The molecule has 4 nitrogen and oxygen atoms in total. The zero-order valence-electron chi connectivity index (χ0n) is 7.55. The maximum absolute atomic E-state index is 11.8. The number of alkyl halides is 1. The predicted octanol–water partition coefficient (Wildman–Crippen LogP) is -0.307. The van der Waals surface area contributed by atoms with Crippen LogP contribution in [-0.2, 0) is 9.59 Å². The van der Waals surface area contributed by atoms with E-state index in [0.717, 1.165) is 4.90 Å². The normalized spacial score (nSPS) is 23.8. The summed E-state index contributed by atoms with van der Waals surface area (Å²) in [6.07, 6.45) is 0.828. The summed E-state index contributed by atoms with van der Waals surface area (Å²) in [7, 11) is 1.45. The predicted molar refractivity (Wildman–Crippen MR) is 44.8 cm³/mol. The molecule has 2 amide bonds. The van der Waals surface area contributed by atoms with Crippen molar-refractivity contribution in [3.8, 4) is 0 Å². The van der Waals surface area contributed by atoms with Crippen molar-refractivity contribution in [3.05, 3.63) is 0 Å². The maximum atomic E-state index is 11.8. The van der Waals surface area contributed by atoms with Crippen molar-refractivity contribution in [3.63, 3.8) is 0 Å². The summed E-state index contributed by atoms with van der Waals surface area (Å²) < 4.78 is 11.8. The van der Waals surface area contributed by atoms with Gasteiger partial charge in [-0.25, -0.2) is 4.39 Å². The lowest BCUT2D eigenvalue weighted by atomic mass is 10.1. The number of nitrogens with zero attached hydrogens (tertiary/aromatic N) is 1. The van der Waals surface area contributed by atoms with Gasteiger partial charge in [0.1, 0.15) is 6.67 Å². The van der Waals surface area contributed by atoms with Crippen LogP contribution in [-0.4, -0.2) is 43.0 Å². The smallest absolute Gasteiger partial charge is 0.246 e. The Morgan fingerprint density at radius 3 is 2.92 bits per heavy atom. The molecule has 1 saturated heterocycles. The molecule has 1 rings (SSSR count). The minimum Gasteiger partial charge on any atom is -0.303 e. The summed E-state index contributed by atoms with van der Waals surface area (Å²) in [6, 6.07) is -0.390. The van der Waals surface area contributed by atoms with Gasteiger partial charge in [0.05, 0.1) is 6.04 Å². The number of carbonyl (C=O) groups excluding carboxylic acids is 2. The lowest BCUT2D eigenvalue weighted by Crippen LogP contribution is -2.51. The van der Waals surface area contributed by atoms with Crippen LogP contribution < -0.4 is 5.32 Å². The van der Waals surface area contributed by atoms with Crippen LogP contribution >= 0.6 is 0 Å². The Kier molecular flexibility index (Phi) is 3.36. The number of halogens is 1. The molecule has 13 heavy (non-hydrogen) atoms. The lowest BCUT2D eigenvalue weighted by Gasteiger charge is -2.27. The van der Waals surface area contributed by atoms with Gasteiger partial charge >= 0.3 is 0 Å². The molecule has 1 fully saturated rings. The molecule has 1 aliphatic rings. The molecule has 0 aromatic carbocycles. The molecule has 0 bridgehead atoms. The zero-order chi connectivity index (χ0) is 9.84. The van der Waals surface area contributed by atoms with E-state index in [9.17, 15) is 14.0 Å². The van der Waals surface area contributed by atoms with Crippen molar-refractivity contribution >= 4 is 11.8 Å². The largest absolute Gasteiger partial charge is 0.303 e. The number of nitrogens with one attached hydrogen (secondary N) is 1. The van der Waals surface area contributed by atoms with Crippen LogP contribution in [0.2, 0.25) is 0 Å². The van der Waals surface area contributed by atoms with Gasteiger partial charge in [-0.1, -0.05) is 0 Å². The second-order valence-corrected chi connectivity index (χ2v) is 3.03. The SMILES string of the molecule is CN1C(=O)CCC(NCCF)C1=O. The van der Waals surface area contributed by atoms with Gasteiger partial charge in [-0.05, 0) is 6.42 Å². The van der Waals surface area contributed by atoms with Crippen LogP contribution in [0.3, 0.4) is 0 Å². The topological polar surface area (TPSA) is 49.4 Å². The van der Waals surface area contributed by atoms with Crippen molar-refractivity contribution in [2.45, 2.75) is 18.9 Å². The number of carbonyl (C=O) groups is 2. The molecule has 0 saturated carbocycles. The highest BCUT2D eigenvalue weighted by molar-refractivity contribution is 6.00. The molecule has 0 aromatic rings. The fourth-order valence-corrected chi connectivity index (χ4v) is 1.33. The van der Waals surface area contributed by atoms with E-state index in [1.807, 2.05) is 0 Å². The summed E-state index contributed by atoms with van der Waals surface area (Å²) in [4.78, 5) is 23.5. The Morgan fingerprint density at radius 1 is 1.62 bits per heavy atom. The van der Waals surface area contributed by atoms with Gasteiger partial charge in [0.25, 0.3) is 0 Å². The Labute approximate surface area is 76.1 Å². The second kappa shape index (κ2) is 4.32. The third-order valence-corrected chi connectivity index (χ3v) is 2.13. The summed E-state index contributed by atoms with van der Waals surface area (Å²) >= 11 is 0. The molecular weight excluding hydrogens is 175 g/mol. The minimum atomic E-state index is -0.499. The third-order valence-electron chi connectivity index (χ3n) is 2.13. The summed E-state index contributed by atoms with van der Waals surface area (Å²) in [5, 5.41) is 2.75. The first kappa shape index (κ1) is 10.1. The van der Waals surface area contributed by atoms with E-state index in [-0.39, 0.29) is 18.4 Å². The molecule has 0 spiro atoms. The summed E-state index contributed by atoms with van der Waals surface area (Å²) in [6.45, 7) is -0.333. The van der Waals surface area contributed by atoms with E-state index in [1.54, 1.807) is 0 Å². The average molecular weight is 188 g/mol. The number of imide groups is 1. The van der Waals surface area contributed by atoms with E-state index in [0.29, 0.717) is 12.8 Å². The number of rotatable bonds is 3. The first-order valence-electron chi connectivity index (χ1n) is 4.26. The molecule has 5 heteroatoms. The fraction of sp³-hybridized carbons (Fsp3) is 0.750. The van der Waals surface area contributed by atoms with Crippen molar-refractivity contribution in [2.75, 3.05) is 20.3 Å². The second-order valence-electron chi connectivity index (χ2n) is 3.03. The van der Waals surface area contributed by atoms with Gasteiger partial charge in [-0.15, -0.1) is 0 Å². The Hall–Kier alpha value is -0.970. The van der Waals surface area contributed by atoms with Crippen molar-refractivity contribution in [1.82, 2.24) is 10.2 Å². The molecule has 1 N–H and O–H groups in total. The lowest BCUT2D eigenvalue weighted by molar-refractivity contribution is -0.148. The fourth-order valence-electron chi connectivity index (χ4n) is 1.33.